The number of sulfonamides is 1. The number of nitrogens with zero attached hydrogens (tertiary/aromatic N) is 2. The summed E-state index contributed by atoms with van der Waals surface area (Å²) in [6.07, 6.45) is 2.88. The van der Waals surface area contributed by atoms with Crippen LogP contribution in [0, 0.1) is 0 Å². The maximum Gasteiger partial charge on any atom is 0.264 e. The Hall–Kier alpha value is -3.00. The standard InChI is InChI=1S/C16H13N3O4S/c1-11(20)14-6-7-15(23-14)12-4-2-5-13(10-12)24(21,22)19-16-17-8-3-9-18-16/h2-10H,1H3,(H,17,18,19). The van der Waals surface area contributed by atoms with Crippen molar-refractivity contribution in [3.8, 4) is 11.3 Å². The fourth-order valence-electron chi connectivity index (χ4n) is 2.03. The molecule has 1 N–H and O–H groups in total. The van der Waals surface area contributed by atoms with Gasteiger partial charge in [-0.1, -0.05) is 12.1 Å². The van der Waals surface area contributed by atoms with Crippen molar-refractivity contribution in [2.24, 2.45) is 0 Å². The largest absolute Gasteiger partial charge is 0.453 e. The van der Waals surface area contributed by atoms with Gasteiger partial charge in [0.2, 0.25) is 5.95 Å². The first-order valence-electron chi connectivity index (χ1n) is 6.97. The summed E-state index contributed by atoms with van der Waals surface area (Å²) in [7, 11) is -3.84. The Balaban J connectivity index is 1.93. The van der Waals surface area contributed by atoms with E-state index >= 15 is 0 Å². The van der Waals surface area contributed by atoms with Crippen LogP contribution in [0.25, 0.3) is 11.3 Å². The Morgan fingerprint density at radius 1 is 1.08 bits per heavy atom. The number of ketones is 1. The number of anilines is 1. The van der Waals surface area contributed by atoms with Crippen LogP contribution in [0.3, 0.4) is 0 Å². The second kappa shape index (κ2) is 6.25. The van der Waals surface area contributed by atoms with Gasteiger partial charge in [0.25, 0.3) is 10.0 Å². The molecule has 0 bridgehead atoms. The van der Waals surface area contributed by atoms with Crippen LogP contribution in [0.4, 0.5) is 5.95 Å². The molecule has 24 heavy (non-hydrogen) atoms. The lowest BCUT2D eigenvalue weighted by atomic mass is 10.2. The molecule has 0 amide bonds. The summed E-state index contributed by atoms with van der Waals surface area (Å²) >= 11 is 0. The zero-order valence-electron chi connectivity index (χ0n) is 12.6. The summed E-state index contributed by atoms with van der Waals surface area (Å²) in [5, 5.41) is 0. The first-order valence-corrected chi connectivity index (χ1v) is 8.45. The lowest BCUT2D eigenvalue weighted by molar-refractivity contribution is 0.0988. The highest BCUT2D eigenvalue weighted by Gasteiger charge is 2.17. The molecule has 122 valence electrons. The van der Waals surface area contributed by atoms with Gasteiger partial charge >= 0.3 is 0 Å². The zero-order chi connectivity index (χ0) is 17.2. The number of hydrogen-bond acceptors (Lipinski definition) is 6. The molecule has 0 fully saturated rings. The van der Waals surface area contributed by atoms with Crippen LogP contribution in [0.5, 0.6) is 0 Å². The predicted molar refractivity (Wildman–Crippen MR) is 87.0 cm³/mol. The van der Waals surface area contributed by atoms with Gasteiger partial charge in [-0.3, -0.25) is 4.79 Å². The van der Waals surface area contributed by atoms with Crippen LogP contribution in [0.2, 0.25) is 0 Å². The van der Waals surface area contributed by atoms with Crippen molar-refractivity contribution < 1.29 is 17.6 Å². The van der Waals surface area contributed by atoms with Gasteiger partial charge in [-0.15, -0.1) is 0 Å². The third-order valence-electron chi connectivity index (χ3n) is 3.17. The third-order valence-corrected chi connectivity index (χ3v) is 4.50. The number of nitrogens with one attached hydrogen (secondary N) is 1. The van der Waals surface area contributed by atoms with Crippen molar-refractivity contribution in [2.45, 2.75) is 11.8 Å². The van der Waals surface area contributed by atoms with E-state index < -0.39 is 10.0 Å². The minimum absolute atomic E-state index is 0.0141. The summed E-state index contributed by atoms with van der Waals surface area (Å²) in [6, 6.07) is 10.9. The quantitative estimate of drug-likeness (QED) is 0.715. The molecule has 0 radical (unpaired) electrons. The fourth-order valence-corrected chi connectivity index (χ4v) is 3.03. The topological polar surface area (TPSA) is 102 Å². The van der Waals surface area contributed by atoms with Crippen LogP contribution < -0.4 is 4.72 Å². The molecule has 7 nitrogen and oxygen atoms in total. The molecule has 0 aliphatic heterocycles. The molecule has 8 heteroatoms. The minimum Gasteiger partial charge on any atom is -0.453 e. The van der Waals surface area contributed by atoms with Crippen LogP contribution in [-0.2, 0) is 10.0 Å². The highest BCUT2D eigenvalue weighted by molar-refractivity contribution is 7.92. The van der Waals surface area contributed by atoms with Crippen molar-refractivity contribution in [3.05, 3.63) is 60.6 Å². The van der Waals surface area contributed by atoms with E-state index in [-0.39, 0.29) is 22.4 Å². The molecule has 0 saturated heterocycles. The maximum absolute atomic E-state index is 12.4. The molecule has 3 aromatic rings. The Kier molecular flexibility index (Phi) is 4.13. The second-order valence-electron chi connectivity index (χ2n) is 4.93. The molecular weight excluding hydrogens is 330 g/mol. The molecule has 0 unspecified atom stereocenters. The van der Waals surface area contributed by atoms with E-state index in [0.29, 0.717) is 11.3 Å². The van der Waals surface area contributed by atoms with Gasteiger partial charge in [0.05, 0.1) is 4.90 Å². The van der Waals surface area contributed by atoms with E-state index in [1.807, 2.05) is 0 Å². The van der Waals surface area contributed by atoms with E-state index in [2.05, 4.69) is 14.7 Å². The molecule has 0 atom stereocenters. The number of aromatic nitrogens is 2. The predicted octanol–water partition coefficient (Wildman–Crippen LogP) is 2.74. The zero-order valence-corrected chi connectivity index (χ0v) is 13.4. The lowest BCUT2D eigenvalue weighted by Crippen LogP contribution is -2.14. The maximum atomic E-state index is 12.4. The number of benzene rings is 1. The summed E-state index contributed by atoms with van der Waals surface area (Å²) < 4.78 is 32.6. The molecule has 2 heterocycles. The molecule has 3 rings (SSSR count). The fraction of sp³-hybridized carbons (Fsp3) is 0.0625. The summed E-state index contributed by atoms with van der Waals surface area (Å²) in [6.45, 7) is 1.40. The Morgan fingerprint density at radius 2 is 1.83 bits per heavy atom. The van der Waals surface area contributed by atoms with Crippen LogP contribution in [-0.4, -0.2) is 24.2 Å². The smallest absolute Gasteiger partial charge is 0.264 e. The van der Waals surface area contributed by atoms with Gasteiger partial charge in [-0.25, -0.2) is 23.1 Å². The Morgan fingerprint density at radius 3 is 2.50 bits per heavy atom. The molecule has 0 saturated carbocycles. The molecule has 0 aliphatic rings. The number of rotatable bonds is 5. The number of carbonyl (C=O) groups is 1. The number of carbonyl (C=O) groups excluding carboxylic acids is 1. The molecular formula is C16H13N3O4S. The van der Waals surface area contributed by atoms with E-state index in [1.54, 1.807) is 30.3 Å². The second-order valence-corrected chi connectivity index (χ2v) is 6.61. The number of furan rings is 1. The van der Waals surface area contributed by atoms with Gasteiger partial charge in [0, 0.05) is 24.9 Å². The SMILES string of the molecule is CC(=O)c1ccc(-c2cccc(S(=O)(=O)Nc3ncccn3)c2)o1. The van der Waals surface area contributed by atoms with Crippen LogP contribution in [0.15, 0.2) is 64.2 Å². The normalized spacial score (nSPS) is 11.2. The van der Waals surface area contributed by atoms with E-state index in [1.165, 1.54) is 31.5 Å². The third kappa shape index (κ3) is 3.33. The van der Waals surface area contributed by atoms with Crippen molar-refractivity contribution >= 4 is 21.8 Å². The Labute approximate surface area is 138 Å². The van der Waals surface area contributed by atoms with E-state index in [0.717, 1.165) is 0 Å². The lowest BCUT2D eigenvalue weighted by Gasteiger charge is -2.07. The van der Waals surface area contributed by atoms with Crippen molar-refractivity contribution in [1.29, 1.82) is 0 Å². The summed E-state index contributed by atoms with van der Waals surface area (Å²) in [5.41, 5.74) is 0.541. The van der Waals surface area contributed by atoms with Crippen molar-refractivity contribution in [3.63, 3.8) is 0 Å². The van der Waals surface area contributed by atoms with Gasteiger partial charge in [0.1, 0.15) is 5.76 Å². The van der Waals surface area contributed by atoms with Gasteiger partial charge in [-0.05, 0) is 30.3 Å². The molecule has 1 aromatic carbocycles. The molecule has 0 spiro atoms. The first kappa shape index (κ1) is 15.9. The highest BCUT2D eigenvalue weighted by atomic mass is 32.2. The average molecular weight is 343 g/mol. The monoisotopic (exact) mass is 343 g/mol. The number of Topliss-reactive ketones (excluding diaryl/α,β-unsaturated/α-hetero) is 1. The summed E-state index contributed by atoms with van der Waals surface area (Å²) in [4.78, 5) is 19.0. The van der Waals surface area contributed by atoms with Crippen LogP contribution >= 0.6 is 0 Å². The average Bonchev–Trinajstić information content (AvgIpc) is 3.06. The van der Waals surface area contributed by atoms with E-state index in [4.69, 9.17) is 4.42 Å². The van der Waals surface area contributed by atoms with Crippen LogP contribution in [0.1, 0.15) is 17.5 Å². The van der Waals surface area contributed by atoms with E-state index in [9.17, 15) is 13.2 Å². The van der Waals surface area contributed by atoms with Gasteiger partial charge in [0.15, 0.2) is 11.5 Å². The number of hydrogen-bond donors (Lipinski definition) is 1. The molecule has 0 aliphatic carbocycles. The van der Waals surface area contributed by atoms with Gasteiger partial charge in [-0.2, -0.15) is 0 Å². The summed E-state index contributed by atoms with van der Waals surface area (Å²) in [5.74, 6) is 0.412. The first-order chi connectivity index (χ1) is 11.5. The Bertz CT molecular complexity index is 981. The van der Waals surface area contributed by atoms with Gasteiger partial charge < -0.3 is 4.42 Å². The minimum atomic E-state index is -3.84. The molecule has 2 aromatic heterocycles. The highest BCUT2D eigenvalue weighted by Crippen LogP contribution is 2.25. The van der Waals surface area contributed by atoms with Crippen molar-refractivity contribution in [1.82, 2.24) is 9.97 Å². The van der Waals surface area contributed by atoms with Crippen molar-refractivity contribution in [2.75, 3.05) is 4.72 Å².